The number of ketones is 2. The van der Waals surface area contributed by atoms with Gasteiger partial charge in [-0.05, 0) is 116 Å². The molecular formula is C43H28FNO2. The molecule has 4 heteroatoms. The third-order valence-corrected chi connectivity index (χ3v) is 9.93. The zero-order chi connectivity index (χ0) is 32.0. The lowest BCUT2D eigenvalue weighted by Gasteiger charge is -2.43. The van der Waals surface area contributed by atoms with Gasteiger partial charge in [0.15, 0.2) is 11.6 Å². The molecule has 0 bridgehead atoms. The fraction of sp³-hybridized carbons (Fsp3) is 0.0698. The van der Waals surface area contributed by atoms with Crippen LogP contribution in [0.2, 0.25) is 0 Å². The molecular weight excluding hydrogens is 581 g/mol. The number of hydrogen-bond donors (Lipinski definition) is 0. The Hall–Kier alpha value is -5.87. The first-order valence-corrected chi connectivity index (χ1v) is 15.8. The van der Waals surface area contributed by atoms with E-state index in [1.54, 1.807) is 6.08 Å². The average Bonchev–Trinajstić information content (AvgIpc) is 3.31. The zero-order valence-electron chi connectivity index (χ0n) is 25.8. The summed E-state index contributed by atoms with van der Waals surface area (Å²) in [5.41, 5.74) is 6.86. The zero-order valence-corrected chi connectivity index (χ0v) is 25.8. The topological polar surface area (TPSA) is 37.4 Å². The van der Waals surface area contributed by atoms with Gasteiger partial charge in [-0.1, -0.05) is 80.6 Å². The normalized spacial score (nSPS) is 14.9. The van der Waals surface area contributed by atoms with Crippen molar-refractivity contribution < 1.29 is 14.0 Å². The molecule has 1 heterocycles. The van der Waals surface area contributed by atoms with Crippen LogP contribution in [-0.2, 0) is 5.41 Å². The van der Waals surface area contributed by atoms with Crippen LogP contribution in [0.4, 0.5) is 21.5 Å². The molecule has 0 saturated heterocycles. The number of hydrogen-bond acceptors (Lipinski definition) is 3. The number of carbonyl (C=O) groups excluding carboxylic acids is 2. The molecule has 0 spiro atoms. The maximum atomic E-state index is 14.1. The fourth-order valence-corrected chi connectivity index (χ4v) is 7.62. The summed E-state index contributed by atoms with van der Waals surface area (Å²) in [4.78, 5) is 29.2. The highest BCUT2D eigenvalue weighted by molar-refractivity contribution is 6.42. The second-order valence-corrected chi connectivity index (χ2v) is 13.1. The Morgan fingerprint density at radius 2 is 1.19 bits per heavy atom. The predicted octanol–water partition coefficient (Wildman–Crippen LogP) is 10.9. The van der Waals surface area contributed by atoms with E-state index in [1.165, 1.54) is 17.7 Å². The minimum absolute atomic E-state index is 0.191. The molecule has 0 unspecified atom stereocenters. The largest absolute Gasteiger partial charge is 0.310 e. The van der Waals surface area contributed by atoms with Gasteiger partial charge < -0.3 is 4.90 Å². The van der Waals surface area contributed by atoms with Crippen molar-refractivity contribution in [2.45, 2.75) is 19.3 Å². The first-order chi connectivity index (χ1) is 22.8. The van der Waals surface area contributed by atoms with Gasteiger partial charge in [0.1, 0.15) is 5.82 Å². The van der Waals surface area contributed by atoms with Gasteiger partial charge in [-0.15, -0.1) is 0 Å². The molecule has 7 aromatic carbocycles. The van der Waals surface area contributed by atoms with E-state index in [1.807, 2.05) is 60.7 Å². The lowest BCUT2D eigenvalue weighted by atomic mass is 9.71. The molecule has 3 nitrogen and oxygen atoms in total. The molecule has 0 N–H and O–H groups in total. The third kappa shape index (κ3) is 4.04. The summed E-state index contributed by atoms with van der Waals surface area (Å²) in [5.74, 6) is -0.747. The SMILES string of the molecule is CC1(C)c2cc3ccccc3cc2N(c2ccc(F)cc2)c2ccc3cc(C=C4C(=O)c5cc6ccccc6cc5C4=O)ccc3c21. The minimum Gasteiger partial charge on any atom is -0.310 e. The highest BCUT2D eigenvalue weighted by Crippen LogP contribution is 2.54. The van der Waals surface area contributed by atoms with Gasteiger partial charge in [-0.2, -0.15) is 0 Å². The van der Waals surface area contributed by atoms with E-state index in [4.69, 9.17) is 0 Å². The smallest absolute Gasteiger partial charge is 0.197 e. The van der Waals surface area contributed by atoms with Crippen LogP contribution in [0.1, 0.15) is 51.3 Å². The Morgan fingerprint density at radius 3 is 1.83 bits per heavy atom. The van der Waals surface area contributed by atoms with Gasteiger partial charge in [0.25, 0.3) is 0 Å². The molecule has 0 amide bonds. The third-order valence-electron chi connectivity index (χ3n) is 9.93. The second kappa shape index (κ2) is 9.81. The van der Waals surface area contributed by atoms with Crippen LogP contribution in [-0.4, -0.2) is 11.6 Å². The number of rotatable bonds is 2. The van der Waals surface area contributed by atoms with E-state index in [0.29, 0.717) is 11.1 Å². The minimum atomic E-state index is -0.369. The van der Waals surface area contributed by atoms with Crippen molar-refractivity contribution >= 4 is 67.0 Å². The monoisotopic (exact) mass is 609 g/mol. The summed E-state index contributed by atoms with van der Waals surface area (Å²) in [6.07, 6.45) is 1.73. The molecule has 0 radical (unpaired) electrons. The summed E-state index contributed by atoms with van der Waals surface area (Å²) in [6.45, 7) is 4.52. The van der Waals surface area contributed by atoms with Crippen LogP contribution in [0, 0.1) is 5.82 Å². The number of carbonyl (C=O) groups is 2. The van der Waals surface area contributed by atoms with Gasteiger partial charge in [-0.3, -0.25) is 9.59 Å². The van der Waals surface area contributed by atoms with Crippen LogP contribution >= 0.6 is 0 Å². The quantitative estimate of drug-likeness (QED) is 0.145. The van der Waals surface area contributed by atoms with Crippen LogP contribution < -0.4 is 4.90 Å². The highest BCUT2D eigenvalue weighted by Gasteiger charge is 2.39. The average molecular weight is 610 g/mol. The number of allylic oxidation sites excluding steroid dienone is 1. The molecule has 0 aromatic heterocycles. The van der Waals surface area contributed by atoms with Crippen molar-refractivity contribution in [3.63, 3.8) is 0 Å². The number of nitrogens with zero attached hydrogens (tertiary/aromatic N) is 1. The number of fused-ring (bicyclic) bond motifs is 7. The van der Waals surface area contributed by atoms with E-state index >= 15 is 0 Å². The van der Waals surface area contributed by atoms with Gasteiger partial charge >= 0.3 is 0 Å². The predicted molar refractivity (Wildman–Crippen MR) is 189 cm³/mol. The van der Waals surface area contributed by atoms with Gasteiger partial charge in [0.2, 0.25) is 0 Å². The van der Waals surface area contributed by atoms with Gasteiger partial charge in [0, 0.05) is 22.2 Å². The van der Waals surface area contributed by atoms with E-state index in [-0.39, 0.29) is 28.4 Å². The molecule has 224 valence electrons. The summed E-state index contributed by atoms with van der Waals surface area (Å²) >= 11 is 0. The van der Waals surface area contributed by atoms with Crippen LogP contribution in [0.25, 0.3) is 38.4 Å². The molecule has 0 saturated carbocycles. The van der Waals surface area contributed by atoms with E-state index in [9.17, 15) is 14.0 Å². The van der Waals surface area contributed by atoms with Crippen LogP contribution in [0.5, 0.6) is 0 Å². The summed E-state index contributed by atoms with van der Waals surface area (Å²) in [7, 11) is 0. The second-order valence-electron chi connectivity index (χ2n) is 13.1. The van der Waals surface area contributed by atoms with Gasteiger partial charge in [-0.25, -0.2) is 4.39 Å². The van der Waals surface area contributed by atoms with E-state index in [0.717, 1.165) is 60.5 Å². The molecule has 9 rings (SSSR count). The van der Waals surface area contributed by atoms with Crippen molar-refractivity contribution in [1.82, 2.24) is 0 Å². The van der Waals surface area contributed by atoms with Crippen LogP contribution in [0.15, 0.2) is 133 Å². The number of halogens is 1. The van der Waals surface area contributed by atoms with Crippen molar-refractivity contribution in [3.05, 3.63) is 167 Å². The summed E-state index contributed by atoms with van der Waals surface area (Å²) < 4.78 is 14.1. The van der Waals surface area contributed by atoms with Crippen molar-refractivity contribution in [1.29, 1.82) is 0 Å². The molecule has 1 aliphatic heterocycles. The molecule has 1 aliphatic carbocycles. The Balaban J connectivity index is 1.21. The Labute approximate surface area is 271 Å². The maximum Gasteiger partial charge on any atom is 0.197 e. The lowest BCUT2D eigenvalue weighted by molar-refractivity contribution is 0.0990. The lowest BCUT2D eigenvalue weighted by Crippen LogP contribution is -2.31. The fourth-order valence-electron chi connectivity index (χ4n) is 7.62. The Bertz CT molecular complexity index is 2490. The first kappa shape index (κ1) is 27.4. The number of Topliss-reactive ketones (excluding diaryl/α,β-unsaturated/α-hetero) is 2. The highest BCUT2D eigenvalue weighted by atomic mass is 19.1. The molecule has 0 atom stereocenters. The molecule has 7 aromatic rings. The number of benzene rings is 7. The Kier molecular flexibility index (Phi) is 5.73. The first-order valence-electron chi connectivity index (χ1n) is 15.8. The molecule has 0 fully saturated rings. The standard InChI is InChI=1S/C43H28FNO2/c1-43(2)37-23-28-9-5-6-10-29(28)24-39(37)45(32-15-13-31(44)14-16-32)38-18-12-30-19-25(11-17-33(30)40(38)43)20-36-41(46)34-21-26-7-3-4-8-27(26)22-35(34)42(36)47/h3-24H,1-2H3. The Morgan fingerprint density at radius 1 is 0.596 bits per heavy atom. The van der Waals surface area contributed by atoms with Gasteiger partial charge in [0.05, 0.1) is 16.9 Å². The van der Waals surface area contributed by atoms with Crippen molar-refractivity contribution in [2.75, 3.05) is 4.90 Å². The molecule has 2 aliphatic rings. The van der Waals surface area contributed by atoms with E-state index < -0.39 is 0 Å². The maximum absolute atomic E-state index is 14.1. The summed E-state index contributed by atoms with van der Waals surface area (Å²) in [5, 5.41) is 6.28. The van der Waals surface area contributed by atoms with Crippen molar-refractivity contribution in [2.24, 2.45) is 0 Å². The van der Waals surface area contributed by atoms with Crippen molar-refractivity contribution in [3.8, 4) is 0 Å². The summed E-state index contributed by atoms with van der Waals surface area (Å²) in [6, 6.07) is 41.3. The van der Waals surface area contributed by atoms with E-state index in [2.05, 4.69) is 73.3 Å². The van der Waals surface area contributed by atoms with Crippen LogP contribution in [0.3, 0.4) is 0 Å². The number of anilines is 3. The molecule has 47 heavy (non-hydrogen) atoms.